The number of nitrogens with one attached hydrogen (secondary N) is 1. The maximum atomic E-state index is 11.5. The van der Waals surface area contributed by atoms with Gasteiger partial charge in [-0.1, -0.05) is 0 Å². The van der Waals surface area contributed by atoms with Gasteiger partial charge in [0, 0.05) is 32.1 Å². The first-order chi connectivity index (χ1) is 8.11. The van der Waals surface area contributed by atoms with Gasteiger partial charge >= 0.3 is 0 Å². The van der Waals surface area contributed by atoms with E-state index in [1.54, 1.807) is 4.90 Å². The average molecular weight is 241 g/mol. The van der Waals surface area contributed by atoms with Crippen LogP contribution in [0.3, 0.4) is 0 Å². The molecule has 0 radical (unpaired) electrons. The molecule has 1 heterocycles. The van der Waals surface area contributed by atoms with Gasteiger partial charge in [0.2, 0.25) is 12.3 Å². The number of aliphatic imine (C=N–C) groups is 1. The lowest BCUT2D eigenvalue weighted by Gasteiger charge is -2.12. The summed E-state index contributed by atoms with van der Waals surface area (Å²) >= 11 is 0. The number of likely N-dealkylation sites (tertiary alicyclic amines) is 1. The van der Waals surface area contributed by atoms with E-state index in [1.165, 1.54) is 0 Å². The van der Waals surface area contributed by atoms with Gasteiger partial charge in [0.15, 0.2) is 5.96 Å². The van der Waals surface area contributed by atoms with Crippen LogP contribution in [-0.2, 0) is 9.59 Å². The fraction of sp³-hybridized carbons (Fsp3) is 0.700. The number of guanidine groups is 1. The number of carbonyl (C=O) groups is 2. The zero-order chi connectivity index (χ0) is 12.7. The minimum absolute atomic E-state index is 0.0199. The van der Waals surface area contributed by atoms with Crippen molar-refractivity contribution in [1.29, 1.82) is 0 Å². The summed E-state index contributed by atoms with van der Waals surface area (Å²) in [6.45, 7) is 1.77. The Morgan fingerprint density at radius 1 is 1.53 bits per heavy atom. The van der Waals surface area contributed by atoms with E-state index in [0.717, 1.165) is 12.8 Å². The van der Waals surface area contributed by atoms with Gasteiger partial charge < -0.3 is 21.7 Å². The van der Waals surface area contributed by atoms with Gasteiger partial charge in [-0.3, -0.25) is 14.6 Å². The zero-order valence-electron chi connectivity index (χ0n) is 9.76. The molecule has 0 aromatic heterocycles. The summed E-state index contributed by atoms with van der Waals surface area (Å²) in [6, 6.07) is 0.0794. The van der Waals surface area contributed by atoms with E-state index < -0.39 is 0 Å². The first-order valence-electron chi connectivity index (χ1n) is 5.66. The van der Waals surface area contributed by atoms with Crippen LogP contribution in [0.15, 0.2) is 4.99 Å². The highest BCUT2D eigenvalue weighted by molar-refractivity contribution is 5.77. The molecule has 5 N–H and O–H groups in total. The van der Waals surface area contributed by atoms with Crippen LogP contribution in [0.2, 0.25) is 0 Å². The van der Waals surface area contributed by atoms with E-state index in [4.69, 9.17) is 11.5 Å². The van der Waals surface area contributed by atoms with Crippen LogP contribution in [0, 0.1) is 0 Å². The average Bonchev–Trinajstić information content (AvgIpc) is 2.72. The Balaban J connectivity index is 2.13. The molecule has 1 rings (SSSR count). The second-order valence-corrected chi connectivity index (χ2v) is 4.06. The Labute approximate surface area is 100 Å². The van der Waals surface area contributed by atoms with E-state index >= 15 is 0 Å². The van der Waals surface area contributed by atoms with Crippen LogP contribution >= 0.6 is 0 Å². The van der Waals surface area contributed by atoms with E-state index in [-0.39, 0.29) is 17.9 Å². The molecule has 7 nitrogen and oxygen atoms in total. The largest absolute Gasteiger partial charge is 0.370 e. The lowest BCUT2D eigenvalue weighted by atomic mass is 10.2. The highest BCUT2D eigenvalue weighted by Gasteiger charge is 2.22. The molecule has 0 spiro atoms. The van der Waals surface area contributed by atoms with Gasteiger partial charge in [-0.05, 0) is 12.8 Å². The summed E-state index contributed by atoms with van der Waals surface area (Å²) in [6.07, 6.45) is 2.64. The minimum Gasteiger partial charge on any atom is -0.370 e. The molecule has 17 heavy (non-hydrogen) atoms. The number of hydrogen-bond donors (Lipinski definition) is 3. The van der Waals surface area contributed by atoms with E-state index in [1.807, 2.05) is 0 Å². The molecular formula is C10H19N5O2. The molecule has 1 saturated heterocycles. The van der Waals surface area contributed by atoms with E-state index in [2.05, 4.69) is 10.3 Å². The maximum Gasteiger partial charge on any atom is 0.220 e. The summed E-state index contributed by atoms with van der Waals surface area (Å²) in [5.41, 5.74) is 10.3. The highest BCUT2D eigenvalue weighted by Crippen LogP contribution is 2.06. The number of hydrogen-bond acceptors (Lipinski definition) is 3. The van der Waals surface area contributed by atoms with Gasteiger partial charge in [0.1, 0.15) is 0 Å². The zero-order valence-corrected chi connectivity index (χ0v) is 9.76. The number of nitrogens with zero attached hydrogens (tertiary/aromatic N) is 2. The predicted molar refractivity (Wildman–Crippen MR) is 64.1 cm³/mol. The van der Waals surface area contributed by atoms with Crippen LogP contribution < -0.4 is 16.8 Å². The van der Waals surface area contributed by atoms with Crippen molar-refractivity contribution in [3.63, 3.8) is 0 Å². The van der Waals surface area contributed by atoms with Crippen molar-refractivity contribution >= 4 is 18.3 Å². The van der Waals surface area contributed by atoms with Crippen molar-refractivity contribution < 1.29 is 9.59 Å². The second-order valence-electron chi connectivity index (χ2n) is 4.06. The van der Waals surface area contributed by atoms with Crippen LogP contribution in [0.25, 0.3) is 0 Å². The molecule has 0 aromatic rings. The Morgan fingerprint density at radius 3 is 2.88 bits per heavy atom. The third-order valence-electron chi connectivity index (χ3n) is 2.59. The van der Waals surface area contributed by atoms with Gasteiger partial charge in [0.05, 0.1) is 0 Å². The molecular weight excluding hydrogens is 222 g/mol. The van der Waals surface area contributed by atoms with Crippen molar-refractivity contribution in [2.75, 3.05) is 19.6 Å². The van der Waals surface area contributed by atoms with Crippen LogP contribution in [0.4, 0.5) is 0 Å². The number of rotatable bonds is 6. The topological polar surface area (TPSA) is 114 Å². The Kier molecular flexibility index (Phi) is 5.25. The molecule has 7 heteroatoms. The van der Waals surface area contributed by atoms with Crippen molar-refractivity contribution in [2.24, 2.45) is 16.5 Å². The van der Waals surface area contributed by atoms with Crippen molar-refractivity contribution in [3.8, 4) is 0 Å². The smallest absolute Gasteiger partial charge is 0.220 e. The molecule has 0 aromatic carbocycles. The van der Waals surface area contributed by atoms with Crippen molar-refractivity contribution in [2.45, 2.75) is 25.3 Å². The van der Waals surface area contributed by atoms with Crippen LogP contribution in [0.1, 0.15) is 19.3 Å². The number of carbonyl (C=O) groups excluding carboxylic acids is 2. The molecule has 2 amide bonds. The maximum absolute atomic E-state index is 11.5. The minimum atomic E-state index is -0.0199. The Hall–Kier alpha value is -1.79. The molecule has 1 atom stereocenters. The van der Waals surface area contributed by atoms with Gasteiger partial charge in [0.25, 0.3) is 0 Å². The number of amides is 2. The monoisotopic (exact) mass is 241 g/mol. The molecule has 1 aliphatic rings. The quantitative estimate of drug-likeness (QED) is 0.224. The first-order valence-corrected chi connectivity index (χ1v) is 5.66. The number of nitrogens with two attached hydrogens (primary N) is 2. The molecule has 1 aliphatic heterocycles. The second kappa shape index (κ2) is 6.72. The summed E-state index contributed by atoms with van der Waals surface area (Å²) in [7, 11) is 0. The van der Waals surface area contributed by atoms with Crippen molar-refractivity contribution in [1.82, 2.24) is 10.2 Å². The predicted octanol–water partition coefficient (Wildman–Crippen LogP) is -1.61. The summed E-state index contributed by atoms with van der Waals surface area (Å²) in [5.74, 6) is 0.0244. The van der Waals surface area contributed by atoms with Crippen LogP contribution in [0.5, 0.6) is 0 Å². The third kappa shape index (κ3) is 5.19. The summed E-state index contributed by atoms with van der Waals surface area (Å²) < 4.78 is 0. The molecule has 1 unspecified atom stereocenters. The standard InChI is InChI=1S/C10H19N5O2/c11-10(12)13-4-1-2-9(17)14-8-3-5-15(6-8)7-16/h7-8H,1-6H2,(H,14,17)(H4,11,12,13). The Morgan fingerprint density at radius 2 is 2.29 bits per heavy atom. The molecule has 0 saturated carbocycles. The lowest BCUT2D eigenvalue weighted by Crippen LogP contribution is -2.36. The van der Waals surface area contributed by atoms with Gasteiger partial charge in [-0.2, -0.15) is 0 Å². The van der Waals surface area contributed by atoms with Crippen molar-refractivity contribution in [3.05, 3.63) is 0 Å². The third-order valence-corrected chi connectivity index (χ3v) is 2.59. The normalized spacial score (nSPS) is 18.8. The molecule has 0 bridgehead atoms. The summed E-state index contributed by atoms with van der Waals surface area (Å²) in [5, 5.41) is 2.88. The molecule has 1 fully saturated rings. The first kappa shape index (κ1) is 13.3. The van der Waals surface area contributed by atoms with Gasteiger partial charge in [-0.25, -0.2) is 0 Å². The fourth-order valence-corrected chi connectivity index (χ4v) is 1.75. The van der Waals surface area contributed by atoms with Crippen LogP contribution in [-0.4, -0.2) is 48.9 Å². The van der Waals surface area contributed by atoms with E-state index in [0.29, 0.717) is 32.5 Å². The van der Waals surface area contributed by atoms with E-state index in [9.17, 15) is 9.59 Å². The Bertz CT molecular complexity index is 301. The fourth-order valence-electron chi connectivity index (χ4n) is 1.75. The molecule has 96 valence electrons. The lowest BCUT2D eigenvalue weighted by molar-refractivity contribution is -0.122. The molecule has 0 aliphatic carbocycles. The van der Waals surface area contributed by atoms with Gasteiger partial charge in [-0.15, -0.1) is 0 Å². The SMILES string of the molecule is NC(N)=NCCCC(=O)NC1CCN(C=O)C1. The summed E-state index contributed by atoms with van der Waals surface area (Å²) in [4.78, 5) is 27.4. The highest BCUT2D eigenvalue weighted by atomic mass is 16.2.